The van der Waals surface area contributed by atoms with Gasteiger partial charge in [-0.15, -0.1) is 0 Å². The lowest BCUT2D eigenvalue weighted by molar-refractivity contribution is 0.635. The van der Waals surface area contributed by atoms with Gasteiger partial charge < -0.3 is 0 Å². The number of hydrogen-bond donors (Lipinski definition) is 2. The molecule has 0 saturated heterocycles. The molecule has 0 saturated carbocycles. The molecule has 0 aliphatic rings. The van der Waals surface area contributed by atoms with Gasteiger partial charge in [-0.25, -0.2) is 5.43 Å². The molecule has 0 aromatic carbocycles. The van der Waals surface area contributed by atoms with E-state index < -0.39 is 0 Å². The highest BCUT2D eigenvalue weighted by atomic mass is 15.3. The van der Waals surface area contributed by atoms with E-state index in [1.807, 2.05) is 25.4 Å². The fraction of sp³-hybridized carbons (Fsp3) is 0.200. The van der Waals surface area contributed by atoms with Gasteiger partial charge in [0.1, 0.15) is 0 Å². The highest BCUT2D eigenvalue weighted by Crippen LogP contribution is 2.19. The summed E-state index contributed by atoms with van der Waals surface area (Å²) in [5.41, 5.74) is 4.87. The standard InChI is InChI=1S/C10H13N5/c1-15-7-9(6-13-15)10(14-11)8-2-4-12-5-3-8/h2-7,10,14H,11H2,1H3. The molecule has 0 spiro atoms. The molecule has 5 heteroatoms. The zero-order chi connectivity index (χ0) is 10.7. The lowest BCUT2D eigenvalue weighted by atomic mass is 10.0. The van der Waals surface area contributed by atoms with Crippen LogP contribution in [0.1, 0.15) is 17.2 Å². The molecule has 15 heavy (non-hydrogen) atoms. The summed E-state index contributed by atoms with van der Waals surface area (Å²) in [4.78, 5) is 3.97. The summed E-state index contributed by atoms with van der Waals surface area (Å²) in [6.45, 7) is 0. The van der Waals surface area contributed by atoms with Gasteiger partial charge in [0.15, 0.2) is 0 Å². The normalized spacial score (nSPS) is 12.7. The van der Waals surface area contributed by atoms with Gasteiger partial charge in [0.05, 0.1) is 12.2 Å². The monoisotopic (exact) mass is 203 g/mol. The van der Waals surface area contributed by atoms with Crippen molar-refractivity contribution in [2.75, 3.05) is 0 Å². The third-order valence-corrected chi connectivity index (χ3v) is 2.26. The smallest absolute Gasteiger partial charge is 0.0741 e. The van der Waals surface area contributed by atoms with Crippen molar-refractivity contribution >= 4 is 0 Å². The maximum atomic E-state index is 5.54. The summed E-state index contributed by atoms with van der Waals surface area (Å²) >= 11 is 0. The van der Waals surface area contributed by atoms with Crippen molar-refractivity contribution in [1.29, 1.82) is 0 Å². The minimum Gasteiger partial charge on any atom is -0.275 e. The van der Waals surface area contributed by atoms with Crippen molar-refractivity contribution in [3.05, 3.63) is 48.0 Å². The Bertz CT molecular complexity index is 422. The molecular formula is C10H13N5. The van der Waals surface area contributed by atoms with E-state index in [9.17, 15) is 0 Å². The Balaban J connectivity index is 2.33. The Hall–Kier alpha value is -1.72. The van der Waals surface area contributed by atoms with Gasteiger partial charge >= 0.3 is 0 Å². The van der Waals surface area contributed by atoms with Gasteiger partial charge in [-0.3, -0.25) is 15.5 Å². The Morgan fingerprint density at radius 3 is 2.60 bits per heavy atom. The maximum Gasteiger partial charge on any atom is 0.0741 e. The summed E-state index contributed by atoms with van der Waals surface area (Å²) < 4.78 is 1.75. The van der Waals surface area contributed by atoms with Crippen molar-refractivity contribution in [3.63, 3.8) is 0 Å². The van der Waals surface area contributed by atoms with Crippen LogP contribution in [-0.4, -0.2) is 14.8 Å². The Kier molecular flexibility index (Phi) is 2.75. The molecule has 1 unspecified atom stereocenters. The first-order valence-corrected chi connectivity index (χ1v) is 4.66. The maximum absolute atomic E-state index is 5.54. The van der Waals surface area contributed by atoms with Crippen LogP contribution in [0.3, 0.4) is 0 Å². The molecule has 78 valence electrons. The van der Waals surface area contributed by atoms with Crippen molar-refractivity contribution < 1.29 is 0 Å². The molecule has 0 fully saturated rings. The van der Waals surface area contributed by atoms with E-state index in [0.717, 1.165) is 11.1 Å². The second-order valence-electron chi connectivity index (χ2n) is 3.33. The Labute approximate surface area is 87.9 Å². The van der Waals surface area contributed by atoms with Crippen molar-refractivity contribution in [2.24, 2.45) is 12.9 Å². The molecule has 2 rings (SSSR count). The average molecular weight is 203 g/mol. The summed E-state index contributed by atoms with van der Waals surface area (Å²) in [6, 6.07) is 3.82. The van der Waals surface area contributed by atoms with Gasteiger partial charge in [-0.2, -0.15) is 5.10 Å². The number of aryl methyl sites for hydroxylation is 1. The van der Waals surface area contributed by atoms with Crippen LogP contribution in [0.15, 0.2) is 36.9 Å². The van der Waals surface area contributed by atoms with E-state index in [1.165, 1.54) is 0 Å². The van der Waals surface area contributed by atoms with Crippen molar-refractivity contribution in [3.8, 4) is 0 Å². The third kappa shape index (κ3) is 2.03. The highest BCUT2D eigenvalue weighted by Gasteiger charge is 2.13. The SMILES string of the molecule is Cn1cc(C(NN)c2ccncc2)cn1. The minimum atomic E-state index is -0.0401. The molecule has 0 aliphatic carbocycles. The molecule has 0 radical (unpaired) electrons. The van der Waals surface area contributed by atoms with E-state index in [0.29, 0.717) is 0 Å². The van der Waals surface area contributed by atoms with E-state index >= 15 is 0 Å². The number of hydrogen-bond acceptors (Lipinski definition) is 4. The van der Waals surface area contributed by atoms with Crippen molar-refractivity contribution in [1.82, 2.24) is 20.2 Å². The summed E-state index contributed by atoms with van der Waals surface area (Å²) in [7, 11) is 1.88. The quantitative estimate of drug-likeness (QED) is 0.558. The number of nitrogens with zero attached hydrogens (tertiary/aromatic N) is 3. The molecule has 2 aromatic rings. The Morgan fingerprint density at radius 1 is 1.33 bits per heavy atom. The predicted molar refractivity (Wildman–Crippen MR) is 56.6 cm³/mol. The fourth-order valence-electron chi connectivity index (χ4n) is 1.53. The van der Waals surface area contributed by atoms with Gasteiger partial charge in [-0.1, -0.05) is 0 Å². The molecular weight excluding hydrogens is 190 g/mol. The van der Waals surface area contributed by atoms with Crippen LogP contribution >= 0.6 is 0 Å². The number of nitrogens with one attached hydrogen (secondary N) is 1. The first kappa shape index (κ1) is 9.82. The average Bonchev–Trinajstić information content (AvgIpc) is 2.68. The molecule has 5 nitrogen and oxygen atoms in total. The van der Waals surface area contributed by atoms with Crippen LogP contribution in [0.25, 0.3) is 0 Å². The van der Waals surface area contributed by atoms with E-state index in [2.05, 4.69) is 15.5 Å². The number of hydrazine groups is 1. The van der Waals surface area contributed by atoms with E-state index in [-0.39, 0.29) is 6.04 Å². The zero-order valence-corrected chi connectivity index (χ0v) is 8.46. The lowest BCUT2D eigenvalue weighted by Crippen LogP contribution is -2.28. The first-order chi connectivity index (χ1) is 7.31. The minimum absolute atomic E-state index is 0.0401. The highest BCUT2D eigenvalue weighted by molar-refractivity contribution is 5.26. The molecule has 0 aliphatic heterocycles. The predicted octanol–water partition coefficient (Wildman–Crippen LogP) is 0.368. The summed E-state index contributed by atoms with van der Waals surface area (Å²) in [5.74, 6) is 5.54. The van der Waals surface area contributed by atoms with Crippen LogP contribution in [-0.2, 0) is 7.05 Å². The van der Waals surface area contributed by atoms with Crippen LogP contribution in [0.5, 0.6) is 0 Å². The summed E-state index contributed by atoms with van der Waals surface area (Å²) in [6.07, 6.45) is 7.22. The van der Waals surface area contributed by atoms with Gasteiger partial charge in [0.2, 0.25) is 0 Å². The van der Waals surface area contributed by atoms with Crippen LogP contribution in [0.4, 0.5) is 0 Å². The molecule has 3 N–H and O–H groups in total. The zero-order valence-electron chi connectivity index (χ0n) is 8.46. The van der Waals surface area contributed by atoms with Crippen LogP contribution in [0, 0.1) is 0 Å². The van der Waals surface area contributed by atoms with E-state index in [4.69, 9.17) is 5.84 Å². The molecule has 1 atom stereocenters. The second-order valence-corrected chi connectivity index (χ2v) is 3.33. The number of aromatic nitrogens is 3. The topological polar surface area (TPSA) is 68.8 Å². The fourth-order valence-corrected chi connectivity index (χ4v) is 1.53. The van der Waals surface area contributed by atoms with Crippen LogP contribution < -0.4 is 11.3 Å². The third-order valence-electron chi connectivity index (χ3n) is 2.26. The molecule has 0 bridgehead atoms. The Morgan fingerprint density at radius 2 is 2.07 bits per heavy atom. The second kappa shape index (κ2) is 4.20. The summed E-state index contributed by atoms with van der Waals surface area (Å²) in [5, 5.41) is 4.12. The lowest BCUT2D eigenvalue weighted by Gasteiger charge is -2.13. The first-order valence-electron chi connectivity index (χ1n) is 4.66. The number of pyridine rings is 1. The molecule has 2 aromatic heterocycles. The molecule has 2 heterocycles. The van der Waals surface area contributed by atoms with Gasteiger partial charge in [0.25, 0.3) is 0 Å². The largest absolute Gasteiger partial charge is 0.275 e. The number of nitrogens with two attached hydrogens (primary N) is 1. The molecule has 0 amide bonds. The van der Waals surface area contributed by atoms with Crippen molar-refractivity contribution in [2.45, 2.75) is 6.04 Å². The van der Waals surface area contributed by atoms with E-state index in [1.54, 1.807) is 23.3 Å². The van der Waals surface area contributed by atoms with Crippen LogP contribution in [0.2, 0.25) is 0 Å². The van der Waals surface area contributed by atoms with Gasteiger partial charge in [-0.05, 0) is 17.7 Å². The number of rotatable bonds is 3. The van der Waals surface area contributed by atoms with Gasteiger partial charge in [0, 0.05) is 31.2 Å².